The third-order valence-corrected chi connectivity index (χ3v) is 4.24. The van der Waals surface area contributed by atoms with Gasteiger partial charge in [-0.05, 0) is 30.5 Å². The largest absolute Gasteiger partial charge is 0.496 e. The Hall–Kier alpha value is -2.08. The highest BCUT2D eigenvalue weighted by molar-refractivity contribution is 5.88. The molecule has 1 aliphatic heterocycles. The van der Waals surface area contributed by atoms with E-state index in [9.17, 15) is 9.59 Å². The highest BCUT2D eigenvalue weighted by atomic mass is 16.5. The number of aryl methyl sites for hydroxylation is 1. The van der Waals surface area contributed by atoms with E-state index in [1.807, 2.05) is 26.0 Å². The minimum absolute atomic E-state index is 0.0712. The van der Waals surface area contributed by atoms with Crippen molar-refractivity contribution in [2.24, 2.45) is 0 Å². The number of carbonyl (C=O) groups is 2. The van der Waals surface area contributed by atoms with Gasteiger partial charge in [0.2, 0.25) is 11.8 Å². The summed E-state index contributed by atoms with van der Waals surface area (Å²) in [6.45, 7) is 6.64. The van der Waals surface area contributed by atoms with Crippen LogP contribution >= 0.6 is 0 Å². The van der Waals surface area contributed by atoms with E-state index < -0.39 is 6.04 Å². The maximum absolute atomic E-state index is 12.2. The van der Waals surface area contributed by atoms with E-state index in [1.165, 1.54) is 0 Å². The summed E-state index contributed by atoms with van der Waals surface area (Å²) in [6, 6.07) is 5.60. The molecule has 24 heavy (non-hydrogen) atoms. The van der Waals surface area contributed by atoms with Gasteiger partial charge in [0.25, 0.3) is 0 Å². The summed E-state index contributed by atoms with van der Waals surface area (Å²) in [5.74, 6) is 0.707. The van der Waals surface area contributed by atoms with Gasteiger partial charge >= 0.3 is 0 Å². The minimum Gasteiger partial charge on any atom is -0.496 e. The lowest BCUT2D eigenvalue weighted by atomic mass is 10.1. The zero-order chi connectivity index (χ0) is 17.5. The fraction of sp³-hybridized carbons (Fsp3) is 0.556. The molecule has 2 amide bonds. The number of methoxy groups -OCH3 is 1. The monoisotopic (exact) mass is 333 g/mol. The Balaban J connectivity index is 2.06. The van der Waals surface area contributed by atoms with Gasteiger partial charge in [0, 0.05) is 26.2 Å². The van der Waals surface area contributed by atoms with Crippen molar-refractivity contribution in [3.05, 3.63) is 29.3 Å². The van der Waals surface area contributed by atoms with Gasteiger partial charge in [-0.2, -0.15) is 0 Å². The maximum Gasteiger partial charge on any atom is 0.237 e. The first-order valence-corrected chi connectivity index (χ1v) is 8.47. The Morgan fingerprint density at radius 2 is 2.25 bits per heavy atom. The number of rotatable bonds is 7. The summed E-state index contributed by atoms with van der Waals surface area (Å²) < 4.78 is 5.29. The van der Waals surface area contributed by atoms with Gasteiger partial charge in [0.15, 0.2) is 0 Å². The van der Waals surface area contributed by atoms with E-state index in [-0.39, 0.29) is 18.2 Å². The lowest BCUT2D eigenvalue weighted by Gasteiger charge is -2.34. The molecule has 1 atom stereocenters. The predicted octanol–water partition coefficient (Wildman–Crippen LogP) is 1.22. The van der Waals surface area contributed by atoms with Crippen molar-refractivity contribution >= 4 is 11.8 Å². The molecule has 0 spiro atoms. The molecule has 0 radical (unpaired) electrons. The van der Waals surface area contributed by atoms with Crippen molar-refractivity contribution in [3.8, 4) is 5.75 Å². The summed E-state index contributed by atoms with van der Waals surface area (Å²) in [6.07, 6.45) is 1.08. The molecule has 132 valence electrons. The lowest BCUT2D eigenvalue weighted by Crippen LogP contribution is -2.56. The van der Waals surface area contributed by atoms with Gasteiger partial charge < -0.3 is 15.4 Å². The summed E-state index contributed by atoms with van der Waals surface area (Å²) in [7, 11) is 1.65. The van der Waals surface area contributed by atoms with E-state index >= 15 is 0 Å². The lowest BCUT2D eigenvalue weighted by molar-refractivity contribution is -0.134. The Morgan fingerprint density at radius 3 is 2.92 bits per heavy atom. The number of hydrogen-bond acceptors (Lipinski definition) is 4. The normalized spacial score (nSPS) is 18.1. The first-order chi connectivity index (χ1) is 11.5. The molecule has 2 rings (SSSR count). The average molecular weight is 333 g/mol. The molecule has 1 fully saturated rings. The van der Waals surface area contributed by atoms with Crippen LogP contribution in [0.5, 0.6) is 5.75 Å². The van der Waals surface area contributed by atoms with Crippen LogP contribution in [0.2, 0.25) is 0 Å². The summed E-state index contributed by atoms with van der Waals surface area (Å²) in [5, 5.41) is 5.70. The van der Waals surface area contributed by atoms with Gasteiger partial charge in [0.05, 0.1) is 19.6 Å². The van der Waals surface area contributed by atoms with Crippen molar-refractivity contribution < 1.29 is 14.3 Å². The summed E-state index contributed by atoms with van der Waals surface area (Å²) in [5.41, 5.74) is 2.18. The van der Waals surface area contributed by atoms with Crippen LogP contribution in [-0.2, 0) is 16.1 Å². The average Bonchev–Trinajstić information content (AvgIpc) is 2.56. The van der Waals surface area contributed by atoms with Gasteiger partial charge in [-0.15, -0.1) is 0 Å². The first-order valence-electron chi connectivity index (χ1n) is 8.47. The van der Waals surface area contributed by atoms with Crippen LogP contribution in [0, 0.1) is 6.92 Å². The minimum atomic E-state index is -0.419. The SMILES string of the molecule is CCCNC(=O)C[C@@H]1C(=O)NCCN1Cc1ccc(OC)c(C)c1. The van der Waals surface area contributed by atoms with Gasteiger partial charge in [-0.3, -0.25) is 14.5 Å². The highest BCUT2D eigenvalue weighted by Crippen LogP contribution is 2.21. The molecule has 1 aromatic rings. The van der Waals surface area contributed by atoms with Gasteiger partial charge in [-0.1, -0.05) is 19.1 Å². The molecule has 6 nitrogen and oxygen atoms in total. The molecule has 1 heterocycles. The zero-order valence-electron chi connectivity index (χ0n) is 14.7. The van der Waals surface area contributed by atoms with E-state index in [0.29, 0.717) is 19.6 Å². The molecular formula is C18H27N3O3. The number of piperazine rings is 1. The number of hydrogen-bond donors (Lipinski definition) is 2. The van der Waals surface area contributed by atoms with Crippen LogP contribution in [0.4, 0.5) is 0 Å². The summed E-state index contributed by atoms with van der Waals surface area (Å²) in [4.78, 5) is 26.3. The fourth-order valence-corrected chi connectivity index (χ4v) is 2.96. The van der Waals surface area contributed by atoms with Crippen LogP contribution in [0.15, 0.2) is 18.2 Å². The zero-order valence-corrected chi connectivity index (χ0v) is 14.7. The highest BCUT2D eigenvalue weighted by Gasteiger charge is 2.31. The second-order valence-electron chi connectivity index (χ2n) is 6.14. The second-order valence-corrected chi connectivity index (χ2v) is 6.14. The van der Waals surface area contributed by atoms with Gasteiger partial charge in [-0.25, -0.2) is 0 Å². The standard InChI is InChI=1S/C18H27N3O3/c1-4-7-19-17(22)11-15-18(23)20-8-9-21(15)12-14-5-6-16(24-3)13(2)10-14/h5-6,10,15H,4,7-9,11-12H2,1-3H3,(H,19,22)(H,20,23)/t15-/m1/s1. The molecular weight excluding hydrogens is 306 g/mol. The first kappa shape index (κ1) is 18.3. The van der Waals surface area contributed by atoms with Crippen molar-refractivity contribution in [3.63, 3.8) is 0 Å². The molecule has 2 N–H and O–H groups in total. The van der Waals surface area contributed by atoms with Crippen LogP contribution in [0.3, 0.4) is 0 Å². The van der Waals surface area contributed by atoms with Crippen molar-refractivity contribution in [1.29, 1.82) is 0 Å². The third-order valence-electron chi connectivity index (χ3n) is 4.24. The third kappa shape index (κ3) is 4.71. The number of benzene rings is 1. The Bertz CT molecular complexity index is 589. The van der Waals surface area contributed by atoms with Crippen molar-refractivity contribution in [2.75, 3.05) is 26.7 Å². The molecule has 1 saturated heterocycles. The quantitative estimate of drug-likeness (QED) is 0.787. The number of nitrogens with zero attached hydrogens (tertiary/aromatic N) is 1. The molecule has 1 aromatic carbocycles. The second kappa shape index (κ2) is 8.68. The van der Waals surface area contributed by atoms with Gasteiger partial charge in [0.1, 0.15) is 5.75 Å². The topological polar surface area (TPSA) is 70.7 Å². The number of carbonyl (C=O) groups excluding carboxylic acids is 2. The van der Waals surface area contributed by atoms with Crippen LogP contribution < -0.4 is 15.4 Å². The van der Waals surface area contributed by atoms with E-state index in [4.69, 9.17) is 4.74 Å². The number of amides is 2. The molecule has 0 bridgehead atoms. The molecule has 0 aromatic heterocycles. The molecule has 0 saturated carbocycles. The number of ether oxygens (including phenoxy) is 1. The van der Waals surface area contributed by atoms with Crippen molar-refractivity contribution in [1.82, 2.24) is 15.5 Å². The molecule has 6 heteroatoms. The van der Waals surface area contributed by atoms with E-state index in [0.717, 1.165) is 29.8 Å². The van der Waals surface area contributed by atoms with Crippen LogP contribution in [-0.4, -0.2) is 49.5 Å². The summed E-state index contributed by atoms with van der Waals surface area (Å²) >= 11 is 0. The van der Waals surface area contributed by atoms with Crippen molar-refractivity contribution in [2.45, 2.75) is 39.3 Å². The Labute approximate surface area is 143 Å². The Kier molecular flexibility index (Phi) is 6.61. The Morgan fingerprint density at radius 1 is 1.46 bits per heavy atom. The smallest absolute Gasteiger partial charge is 0.237 e. The maximum atomic E-state index is 12.2. The van der Waals surface area contributed by atoms with E-state index in [2.05, 4.69) is 21.6 Å². The molecule has 0 aliphatic carbocycles. The number of nitrogens with one attached hydrogen (secondary N) is 2. The molecule has 0 unspecified atom stereocenters. The predicted molar refractivity (Wildman–Crippen MR) is 92.9 cm³/mol. The van der Waals surface area contributed by atoms with Crippen LogP contribution in [0.1, 0.15) is 30.9 Å². The fourth-order valence-electron chi connectivity index (χ4n) is 2.96. The van der Waals surface area contributed by atoms with Crippen LogP contribution in [0.25, 0.3) is 0 Å². The molecule has 1 aliphatic rings. The van der Waals surface area contributed by atoms with E-state index in [1.54, 1.807) is 7.11 Å².